The van der Waals surface area contributed by atoms with E-state index >= 15 is 0 Å². The first-order valence-corrected chi connectivity index (χ1v) is 6.00. The molecule has 1 aromatic rings. The number of benzene rings is 1. The van der Waals surface area contributed by atoms with Crippen LogP contribution in [0.5, 0.6) is 5.75 Å². The van der Waals surface area contributed by atoms with E-state index in [1.165, 1.54) is 11.1 Å². The minimum Gasteiger partial charge on any atom is -0.496 e. The van der Waals surface area contributed by atoms with E-state index in [1.54, 1.807) is 7.11 Å². The lowest BCUT2D eigenvalue weighted by Gasteiger charge is -2.20. The Morgan fingerprint density at radius 2 is 2.00 bits per heavy atom. The fraction of sp³-hybridized carbons (Fsp3) is 0.571. The topological polar surface area (TPSA) is 35.2 Å². The highest BCUT2D eigenvalue weighted by atomic mass is 16.5. The van der Waals surface area contributed by atoms with E-state index in [-0.39, 0.29) is 0 Å². The summed E-state index contributed by atoms with van der Waals surface area (Å²) < 4.78 is 5.33. The number of hydrogen-bond donors (Lipinski definition) is 1. The van der Waals surface area contributed by atoms with Crippen LogP contribution >= 0.6 is 0 Å². The fourth-order valence-corrected chi connectivity index (χ4v) is 2.10. The zero-order chi connectivity index (χ0) is 12.1. The molecule has 0 fully saturated rings. The Morgan fingerprint density at radius 3 is 2.44 bits per heavy atom. The second-order valence-corrected chi connectivity index (χ2v) is 4.51. The third-order valence-corrected chi connectivity index (χ3v) is 3.17. The minimum atomic E-state index is 0.441. The highest BCUT2D eigenvalue weighted by Gasteiger charge is 2.15. The van der Waals surface area contributed by atoms with E-state index in [0.717, 1.165) is 12.2 Å². The van der Waals surface area contributed by atoms with Crippen LogP contribution in [0.3, 0.4) is 0 Å². The normalized spacial score (nSPS) is 12.9. The summed E-state index contributed by atoms with van der Waals surface area (Å²) in [7, 11) is 1.72. The molecule has 0 aliphatic rings. The van der Waals surface area contributed by atoms with Crippen LogP contribution in [0.4, 0.5) is 0 Å². The molecule has 1 rings (SSSR count). The van der Waals surface area contributed by atoms with Crippen molar-refractivity contribution in [3.63, 3.8) is 0 Å². The maximum atomic E-state index is 5.84. The number of methoxy groups -OCH3 is 1. The lowest BCUT2D eigenvalue weighted by Crippen LogP contribution is -2.18. The molecule has 16 heavy (non-hydrogen) atoms. The number of aryl methyl sites for hydroxylation is 1. The van der Waals surface area contributed by atoms with Gasteiger partial charge in [-0.3, -0.25) is 0 Å². The van der Waals surface area contributed by atoms with Crippen molar-refractivity contribution >= 4 is 0 Å². The van der Waals surface area contributed by atoms with Gasteiger partial charge in [0.2, 0.25) is 0 Å². The first-order valence-electron chi connectivity index (χ1n) is 6.00. The van der Waals surface area contributed by atoms with Gasteiger partial charge in [0, 0.05) is 0 Å². The van der Waals surface area contributed by atoms with Crippen LogP contribution in [0, 0.1) is 5.92 Å². The van der Waals surface area contributed by atoms with Crippen molar-refractivity contribution in [2.24, 2.45) is 11.7 Å². The van der Waals surface area contributed by atoms with Gasteiger partial charge in [-0.25, -0.2) is 0 Å². The lowest BCUT2D eigenvalue weighted by molar-refractivity contribution is 0.409. The molecule has 2 N–H and O–H groups in total. The molecule has 90 valence electrons. The molecule has 0 radical (unpaired) electrons. The minimum absolute atomic E-state index is 0.441. The SMILES string of the molecule is CCc1cc(C(CN)C(C)C)ccc1OC. The number of rotatable bonds is 5. The van der Waals surface area contributed by atoms with Crippen LogP contribution in [-0.4, -0.2) is 13.7 Å². The van der Waals surface area contributed by atoms with Gasteiger partial charge < -0.3 is 10.5 Å². The third kappa shape index (κ3) is 2.76. The van der Waals surface area contributed by atoms with Crippen molar-refractivity contribution in [1.29, 1.82) is 0 Å². The van der Waals surface area contributed by atoms with Crippen LogP contribution in [0.25, 0.3) is 0 Å². The smallest absolute Gasteiger partial charge is 0.122 e. The Balaban J connectivity index is 3.06. The summed E-state index contributed by atoms with van der Waals surface area (Å²) in [6.45, 7) is 7.28. The first-order chi connectivity index (χ1) is 7.63. The Kier molecular flexibility index (Phi) is 4.81. The molecule has 2 nitrogen and oxygen atoms in total. The Bertz CT molecular complexity index is 334. The zero-order valence-corrected chi connectivity index (χ0v) is 10.8. The molecule has 1 atom stereocenters. The first kappa shape index (κ1) is 13.0. The van der Waals surface area contributed by atoms with Crippen molar-refractivity contribution in [2.45, 2.75) is 33.1 Å². The quantitative estimate of drug-likeness (QED) is 0.829. The van der Waals surface area contributed by atoms with E-state index in [2.05, 4.69) is 39.0 Å². The maximum absolute atomic E-state index is 5.84. The molecule has 0 amide bonds. The molecule has 0 saturated heterocycles. The Hall–Kier alpha value is -1.02. The molecule has 0 aliphatic carbocycles. The van der Waals surface area contributed by atoms with E-state index in [1.807, 2.05) is 0 Å². The fourth-order valence-electron chi connectivity index (χ4n) is 2.10. The van der Waals surface area contributed by atoms with E-state index in [9.17, 15) is 0 Å². The Labute approximate surface area is 98.8 Å². The molecule has 0 bridgehead atoms. The molecular formula is C14H23NO. The van der Waals surface area contributed by atoms with Gasteiger partial charge in [-0.2, -0.15) is 0 Å². The third-order valence-electron chi connectivity index (χ3n) is 3.17. The summed E-state index contributed by atoms with van der Waals surface area (Å²) in [6, 6.07) is 6.42. The average molecular weight is 221 g/mol. The van der Waals surface area contributed by atoms with Gasteiger partial charge in [-0.1, -0.05) is 32.9 Å². The molecule has 2 heteroatoms. The van der Waals surface area contributed by atoms with Gasteiger partial charge in [-0.15, -0.1) is 0 Å². The van der Waals surface area contributed by atoms with E-state index < -0.39 is 0 Å². The Morgan fingerprint density at radius 1 is 1.31 bits per heavy atom. The zero-order valence-electron chi connectivity index (χ0n) is 10.8. The molecule has 0 heterocycles. The summed E-state index contributed by atoms with van der Waals surface area (Å²) in [5.41, 5.74) is 8.43. The average Bonchev–Trinajstić information content (AvgIpc) is 2.29. The number of hydrogen-bond acceptors (Lipinski definition) is 2. The maximum Gasteiger partial charge on any atom is 0.122 e. The van der Waals surface area contributed by atoms with Crippen LogP contribution in [-0.2, 0) is 6.42 Å². The van der Waals surface area contributed by atoms with Gasteiger partial charge in [0.05, 0.1) is 7.11 Å². The summed E-state index contributed by atoms with van der Waals surface area (Å²) in [4.78, 5) is 0. The molecule has 0 aliphatic heterocycles. The van der Waals surface area contributed by atoms with E-state index in [0.29, 0.717) is 18.4 Å². The van der Waals surface area contributed by atoms with Crippen molar-refractivity contribution in [3.05, 3.63) is 29.3 Å². The van der Waals surface area contributed by atoms with Crippen LogP contribution in [0.2, 0.25) is 0 Å². The largest absolute Gasteiger partial charge is 0.496 e. The molecule has 0 spiro atoms. The highest BCUT2D eigenvalue weighted by molar-refractivity contribution is 5.38. The molecular weight excluding hydrogens is 198 g/mol. The van der Waals surface area contributed by atoms with Crippen LogP contribution in [0.1, 0.15) is 37.8 Å². The summed E-state index contributed by atoms with van der Waals surface area (Å²) in [5.74, 6) is 1.99. The van der Waals surface area contributed by atoms with Crippen LogP contribution < -0.4 is 10.5 Å². The predicted octanol–water partition coefficient (Wildman–Crippen LogP) is 2.96. The van der Waals surface area contributed by atoms with Gasteiger partial charge in [0.25, 0.3) is 0 Å². The van der Waals surface area contributed by atoms with Gasteiger partial charge in [0.1, 0.15) is 5.75 Å². The summed E-state index contributed by atoms with van der Waals surface area (Å²) in [5, 5.41) is 0. The van der Waals surface area contributed by atoms with Gasteiger partial charge in [0.15, 0.2) is 0 Å². The van der Waals surface area contributed by atoms with Crippen molar-refractivity contribution in [1.82, 2.24) is 0 Å². The summed E-state index contributed by atoms with van der Waals surface area (Å²) >= 11 is 0. The van der Waals surface area contributed by atoms with Crippen molar-refractivity contribution in [3.8, 4) is 5.75 Å². The lowest BCUT2D eigenvalue weighted by atomic mass is 9.87. The van der Waals surface area contributed by atoms with Crippen LogP contribution in [0.15, 0.2) is 18.2 Å². The standard InChI is InChI=1S/C14H23NO/c1-5-11-8-12(6-7-14(11)16-4)13(9-15)10(2)3/h6-8,10,13H,5,9,15H2,1-4H3. The van der Waals surface area contributed by atoms with Crippen molar-refractivity contribution in [2.75, 3.05) is 13.7 Å². The highest BCUT2D eigenvalue weighted by Crippen LogP contribution is 2.28. The molecule has 1 aromatic carbocycles. The monoisotopic (exact) mass is 221 g/mol. The van der Waals surface area contributed by atoms with E-state index in [4.69, 9.17) is 10.5 Å². The molecule has 1 unspecified atom stereocenters. The second kappa shape index (κ2) is 5.90. The second-order valence-electron chi connectivity index (χ2n) is 4.51. The molecule has 0 aromatic heterocycles. The van der Waals surface area contributed by atoms with Gasteiger partial charge in [-0.05, 0) is 42.0 Å². The number of nitrogens with two attached hydrogens (primary N) is 1. The number of ether oxygens (including phenoxy) is 1. The molecule has 0 saturated carbocycles. The predicted molar refractivity (Wildman–Crippen MR) is 69.0 cm³/mol. The summed E-state index contributed by atoms with van der Waals surface area (Å²) in [6.07, 6.45) is 0.992. The van der Waals surface area contributed by atoms with Crippen molar-refractivity contribution < 1.29 is 4.74 Å². The van der Waals surface area contributed by atoms with Gasteiger partial charge >= 0.3 is 0 Å².